The summed E-state index contributed by atoms with van der Waals surface area (Å²) in [7, 11) is 3.72. The van der Waals surface area contributed by atoms with Crippen LogP contribution in [-0.2, 0) is 29.7 Å². The molecular formula is C16H27N4O2+. The third-order valence-electron chi connectivity index (χ3n) is 3.85. The molecule has 2 aromatic heterocycles. The van der Waals surface area contributed by atoms with Gasteiger partial charge in [-0.15, -0.1) is 0 Å². The van der Waals surface area contributed by atoms with Crippen molar-refractivity contribution in [3.05, 3.63) is 36.9 Å². The lowest BCUT2D eigenvalue weighted by Crippen LogP contribution is -2.38. The standard InChI is InChI=1S/C16H27N4O2/c1-14(5-10-21-4)20-9-8-19(13-20)11-15(2)22-12-16-17-6-7-18(16)3/h6-9,13-15H,5,10-12H2,1-4H3/q+1. The summed E-state index contributed by atoms with van der Waals surface area (Å²) in [6, 6.07) is 0.435. The van der Waals surface area contributed by atoms with Crippen LogP contribution in [0.2, 0.25) is 0 Å². The molecule has 2 unspecified atom stereocenters. The Bertz CT molecular complexity index is 564. The molecule has 6 nitrogen and oxygen atoms in total. The summed E-state index contributed by atoms with van der Waals surface area (Å²) in [6.07, 6.45) is 11.2. The normalized spacial score (nSPS) is 14.2. The minimum Gasteiger partial charge on any atom is -0.385 e. The van der Waals surface area contributed by atoms with Gasteiger partial charge in [-0.3, -0.25) is 0 Å². The van der Waals surface area contributed by atoms with Crippen LogP contribution in [-0.4, -0.2) is 33.9 Å². The van der Waals surface area contributed by atoms with Gasteiger partial charge in [0.2, 0.25) is 6.33 Å². The summed E-state index contributed by atoms with van der Waals surface area (Å²) in [6.45, 7) is 6.43. The van der Waals surface area contributed by atoms with Crippen LogP contribution >= 0.6 is 0 Å². The second-order valence-electron chi connectivity index (χ2n) is 5.76. The molecule has 0 saturated carbocycles. The Morgan fingerprint density at radius 3 is 2.82 bits per heavy atom. The summed E-state index contributed by atoms with van der Waals surface area (Å²) in [5.74, 6) is 0.947. The zero-order valence-electron chi connectivity index (χ0n) is 14.0. The van der Waals surface area contributed by atoms with Crippen molar-refractivity contribution in [1.82, 2.24) is 14.1 Å². The third kappa shape index (κ3) is 4.68. The maximum atomic E-state index is 5.87. The second kappa shape index (κ2) is 8.10. The largest absolute Gasteiger partial charge is 0.385 e. The molecule has 0 spiro atoms. The molecule has 0 saturated heterocycles. The van der Waals surface area contributed by atoms with Crippen LogP contribution < -0.4 is 4.57 Å². The highest BCUT2D eigenvalue weighted by Gasteiger charge is 2.14. The van der Waals surface area contributed by atoms with Crippen LogP contribution in [0.4, 0.5) is 0 Å². The molecule has 0 radical (unpaired) electrons. The van der Waals surface area contributed by atoms with Crippen LogP contribution in [0.25, 0.3) is 0 Å². The van der Waals surface area contributed by atoms with Gasteiger partial charge in [-0.25, -0.2) is 14.1 Å². The third-order valence-corrected chi connectivity index (χ3v) is 3.85. The van der Waals surface area contributed by atoms with Gasteiger partial charge in [0.25, 0.3) is 0 Å². The summed E-state index contributed by atoms with van der Waals surface area (Å²) in [5.41, 5.74) is 0. The number of imidazole rings is 2. The summed E-state index contributed by atoms with van der Waals surface area (Å²) < 4.78 is 17.4. The number of aromatic nitrogens is 4. The quantitative estimate of drug-likeness (QED) is 0.663. The van der Waals surface area contributed by atoms with E-state index in [1.54, 1.807) is 13.3 Å². The van der Waals surface area contributed by atoms with Gasteiger partial charge in [-0.2, -0.15) is 0 Å². The lowest BCUT2D eigenvalue weighted by Gasteiger charge is -2.11. The summed E-state index contributed by atoms with van der Waals surface area (Å²) in [5, 5.41) is 0. The first kappa shape index (κ1) is 16.7. The Labute approximate surface area is 132 Å². The van der Waals surface area contributed by atoms with E-state index in [0.717, 1.165) is 25.4 Å². The van der Waals surface area contributed by atoms with Crippen molar-refractivity contribution in [2.45, 2.75) is 45.6 Å². The van der Waals surface area contributed by atoms with E-state index in [4.69, 9.17) is 9.47 Å². The maximum absolute atomic E-state index is 5.87. The van der Waals surface area contributed by atoms with E-state index >= 15 is 0 Å². The van der Waals surface area contributed by atoms with Crippen LogP contribution in [0.5, 0.6) is 0 Å². The lowest BCUT2D eigenvalue weighted by atomic mass is 10.2. The molecule has 2 heterocycles. The molecule has 0 aromatic carbocycles. The number of aryl methyl sites for hydroxylation is 1. The minimum atomic E-state index is 0.131. The molecule has 2 rings (SSSR count). The van der Waals surface area contributed by atoms with Crippen LogP contribution in [0.3, 0.4) is 0 Å². The Morgan fingerprint density at radius 2 is 2.14 bits per heavy atom. The van der Waals surface area contributed by atoms with Gasteiger partial charge in [0, 0.05) is 33.0 Å². The first-order chi connectivity index (χ1) is 10.6. The number of rotatable bonds is 9. The van der Waals surface area contributed by atoms with E-state index in [2.05, 4.69) is 46.7 Å². The first-order valence-electron chi connectivity index (χ1n) is 7.73. The molecule has 2 aromatic rings. The van der Waals surface area contributed by atoms with Crippen molar-refractivity contribution in [2.75, 3.05) is 13.7 Å². The predicted molar refractivity (Wildman–Crippen MR) is 83.3 cm³/mol. The van der Waals surface area contributed by atoms with Crippen molar-refractivity contribution >= 4 is 0 Å². The highest BCUT2D eigenvalue weighted by atomic mass is 16.5. The summed E-state index contributed by atoms with van der Waals surface area (Å²) in [4.78, 5) is 4.27. The number of methoxy groups -OCH3 is 1. The fourth-order valence-electron chi connectivity index (χ4n) is 2.32. The fourth-order valence-corrected chi connectivity index (χ4v) is 2.32. The molecule has 0 aliphatic heterocycles. The van der Waals surface area contributed by atoms with E-state index < -0.39 is 0 Å². The topological polar surface area (TPSA) is 45.1 Å². The van der Waals surface area contributed by atoms with E-state index in [-0.39, 0.29) is 6.10 Å². The van der Waals surface area contributed by atoms with Crippen LogP contribution in [0.15, 0.2) is 31.1 Å². The van der Waals surface area contributed by atoms with Crippen molar-refractivity contribution in [1.29, 1.82) is 0 Å². The smallest absolute Gasteiger partial charge is 0.244 e. The first-order valence-corrected chi connectivity index (χ1v) is 7.73. The van der Waals surface area contributed by atoms with Gasteiger partial charge in [0.05, 0.1) is 18.8 Å². The number of hydrogen-bond acceptors (Lipinski definition) is 3. The predicted octanol–water partition coefficient (Wildman–Crippen LogP) is 1.71. The zero-order valence-corrected chi connectivity index (χ0v) is 14.0. The number of nitrogens with zero attached hydrogens (tertiary/aromatic N) is 4. The molecule has 122 valence electrons. The van der Waals surface area contributed by atoms with E-state index in [1.165, 1.54) is 0 Å². The van der Waals surface area contributed by atoms with Crippen LogP contribution in [0.1, 0.15) is 32.1 Å². The Kier molecular flexibility index (Phi) is 6.15. The molecule has 0 fully saturated rings. The van der Waals surface area contributed by atoms with Crippen molar-refractivity contribution in [2.24, 2.45) is 7.05 Å². The van der Waals surface area contributed by atoms with Gasteiger partial charge in [-0.1, -0.05) is 0 Å². The van der Waals surface area contributed by atoms with E-state index in [1.807, 2.05) is 17.8 Å². The fraction of sp³-hybridized carbons (Fsp3) is 0.625. The average Bonchev–Trinajstić information content (AvgIpc) is 3.12. The highest BCUT2D eigenvalue weighted by molar-refractivity contribution is 4.88. The Balaban J connectivity index is 1.80. The number of ether oxygens (including phenoxy) is 2. The highest BCUT2D eigenvalue weighted by Crippen LogP contribution is 2.09. The number of hydrogen-bond donors (Lipinski definition) is 0. The molecule has 22 heavy (non-hydrogen) atoms. The molecule has 2 atom stereocenters. The van der Waals surface area contributed by atoms with Gasteiger partial charge >= 0.3 is 0 Å². The maximum Gasteiger partial charge on any atom is 0.244 e. The van der Waals surface area contributed by atoms with Gasteiger partial charge in [0.1, 0.15) is 31.4 Å². The molecule has 0 amide bonds. The SMILES string of the molecule is COCCC(C)n1cc[n+](CC(C)OCc2nccn2C)c1. The van der Waals surface area contributed by atoms with Crippen molar-refractivity contribution in [3.8, 4) is 0 Å². The zero-order chi connectivity index (χ0) is 15.9. The van der Waals surface area contributed by atoms with Gasteiger partial charge in [0.15, 0.2) is 0 Å². The molecule has 0 aliphatic rings. The summed E-state index contributed by atoms with van der Waals surface area (Å²) >= 11 is 0. The Morgan fingerprint density at radius 1 is 1.32 bits per heavy atom. The monoisotopic (exact) mass is 307 g/mol. The molecular weight excluding hydrogens is 280 g/mol. The van der Waals surface area contributed by atoms with Crippen molar-refractivity contribution < 1.29 is 14.0 Å². The van der Waals surface area contributed by atoms with Crippen molar-refractivity contribution in [3.63, 3.8) is 0 Å². The Hall–Kier alpha value is -1.66. The molecule has 0 aliphatic carbocycles. The van der Waals surface area contributed by atoms with Gasteiger partial charge in [-0.05, 0) is 13.8 Å². The van der Waals surface area contributed by atoms with Gasteiger partial charge < -0.3 is 14.0 Å². The molecule has 0 bridgehead atoms. The second-order valence-corrected chi connectivity index (χ2v) is 5.76. The van der Waals surface area contributed by atoms with Crippen LogP contribution in [0, 0.1) is 0 Å². The lowest BCUT2D eigenvalue weighted by molar-refractivity contribution is -0.703. The van der Waals surface area contributed by atoms with E-state index in [9.17, 15) is 0 Å². The van der Waals surface area contributed by atoms with E-state index in [0.29, 0.717) is 12.6 Å². The average molecular weight is 307 g/mol. The molecule has 0 N–H and O–H groups in total. The molecule has 6 heteroatoms. The minimum absolute atomic E-state index is 0.131.